The van der Waals surface area contributed by atoms with Crippen molar-refractivity contribution in [1.82, 2.24) is 5.32 Å². The second-order valence-electron chi connectivity index (χ2n) is 5.43. The summed E-state index contributed by atoms with van der Waals surface area (Å²) in [5.74, 6) is -0.0496. The Balaban J connectivity index is 1.90. The first-order valence-corrected chi connectivity index (χ1v) is 8.64. The molecule has 0 aromatic heterocycles. The summed E-state index contributed by atoms with van der Waals surface area (Å²) >= 11 is 0. The lowest BCUT2D eigenvalue weighted by Gasteiger charge is -2.11. The quantitative estimate of drug-likeness (QED) is 0.845. The van der Waals surface area contributed by atoms with Crippen LogP contribution in [0.1, 0.15) is 12.0 Å². The lowest BCUT2D eigenvalue weighted by molar-refractivity contribution is -0.116. The van der Waals surface area contributed by atoms with Gasteiger partial charge in [-0.2, -0.15) is 0 Å². The van der Waals surface area contributed by atoms with Crippen molar-refractivity contribution < 1.29 is 13.2 Å². The first kappa shape index (κ1) is 15.6. The summed E-state index contributed by atoms with van der Waals surface area (Å²) in [4.78, 5) is 13.8. The second kappa shape index (κ2) is 6.30. The van der Waals surface area contributed by atoms with Crippen LogP contribution in [0.15, 0.2) is 30.3 Å². The van der Waals surface area contributed by atoms with Crippen LogP contribution in [0.2, 0.25) is 0 Å². The van der Waals surface area contributed by atoms with Crippen LogP contribution < -0.4 is 10.2 Å². The van der Waals surface area contributed by atoms with Crippen LogP contribution >= 0.6 is 0 Å². The fourth-order valence-electron chi connectivity index (χ4n) is 2.21. The third kappa shape index (κ3) is 4.60. The molecule has 0 saturated carbocycles. The molecule has 114 valence electrons. The number of sulfone groups is 1. The number of nitrogens with one attached hydrogen (secondary N) is 1. The van der Waals surface area contributed by atoms with Crippen molar-refractivity contribution in [1.29, 1.82) is 0 Å². The van der Waals surface area contributed by atoms with E-state index in [0.29, 0.717) is 6.42 Å². The summed E-state index contributed by atoms with van der Waals surface area (Å²) < 4.78 is 22.6. The van der Waals surface area contributed by atoms with Gasteiger partial charge in [-0.05, 0) is 30.2 Å². The molecular weight excluding hydrogens is 288 g/mol. The van der Waals surface area contributed by atoms with E-state index in [0.717, 1.165) is 11.3 Å². The Morgan fingerprint density at radius 1 is 1.29 bits per heavy atom. The maximum absolute atomic E-state index is 11.8. The normalized spacial score (nSPS) is 20.6. The first-order valence-electron chi connectivity index (χ1n) is 6.82. The van der Waals surface area contributed by atoms with Gasteiger partial charge >= 0.3 is 0 Å². The zero-order valence-electron chi connectivity index (χ0n) is 12.2. The average molecular weight is 308 g/mol. The highest BCUT2D eigenvalue weighted by atomic mass is 32.2. The van der Waals surface area contributed by atoms with Crippen LogP contribution in [0.25, 0.3) is 6.08 Å². The molecule has 1 heterocycles. The van der Waals surface area contributed by atoms with Crippen LogP contribution in [0.4, 0.5) is 5.69 Å². The van der Waals surface area contributed by atoms with Crippen molar-refractivity contribution in [2.24, 2.45) is 0 Å². The molecule has 21 heavy (non-hydrogen) atoms. The van der Waals surface area contributed by atoms with E-state index in [4.69, 9.17) is 0 Å². The minimum absolute atomic E-state index is 0.0457. The molecule has 0 aliphatic carbocycles. The molecular formula is C15H20N2O3S. The van der Waals surface area contributed by atoms with Gasteiger partial charge in [-0.25, -0.2) is 8.42 Å². The smallest absolute Gasteiger partial charge is 0.244 e. The monoisotopic (exact) mass is 308 g/mol. The molecule has 1 saturated heterocycles. The number of carbonyl (C=O) groups is 1. The minimum atomic E-state index is -2.96. The number of nitrogens with zero attached hydrogens (tertiary/aromatic N) is 1. The highest BCUT2D eigenvalue weighted by Gasteiger charge is 2.28. The molecule has 0 bridgehead atoms. The fourth-order valence-corrected chi connectivity index (χ4v) is 3.89. The Hall–Kier alpha value is -1.82. The van der Waals surface area contributed by atoms with E-state index in [1.165, 1.54) is 6.08 Å². The molecule has 6 heteroatoms. The average Bonchev–Trinajstić information content (AvgIpc) is 2.76. The summed E-state index contributed by atoms with van der Waals surface area (Å²) in [5, 5.41) is 2.72. The van der Waals surface area contributed by atoms with Crippen LogP contribution in [0.3, 0.4) is 0 Å². The third-order valence-corrected chi connectivity index (χ3v) is 5.18. The van der Waals surface area contributed by atoms with Crippen molar-refractivity contribution in [3.63, 3.8) is 0 Å². The van der Waals surface area contributed by atoms with Crippen molar-refractivity contribution in [2.45, 2.75) is 12.5 Å². The molecule has 1 aromatic rings. The Labute approximate surface area is 125 Å². The van der Waals surface area contributed by atoms with Crippen molar-refractivity contribution >= 4 is 27.5 Å². The van der Waals surface area contributed by atoms with Gasteiger partial charge in [0.25, 0.3) is 0 Å². The summed E-state index contributed by atoms with van der Waals surface area (Å²) in [6, 6.07) is 7.55. The molecule has 1 aromatic carbocycles. The molecule has 1 amide bonds. The maximum Gasteiger partial charge on any atom is 0.244 e. The molecule has 1 aliphatic heterocycles. The van der Waals surface area contributed by atoms with Gasteiger partial charge in [0.2, 0.25) is 5.91 Å². The highest BCUT2D eigenvalue weighted by Crippen LogP contribution is 2.13. The van der Waals surface area contributed by atoms with Crippen LogP contribution in [-0.2, 0) is 14.6 Å². The largest absolute Gasteiger partial charge is 0.378 e. The predicted octanol–water partition coefficient (Wildman–Crippen LogP) is 1.07. The number of rotatable bonds is 4. The Bertz CT molecular complexity index is 633. The van der Waals surface area contributed by atoms with Gasteiger partial charge in [0.15, 0.2) is 9.84 Å². The SMILES string of the molecule is CN(C)c1ccc(/C=C/C(=O)NC2CCS(=O)(=O)C2)cc1. The van der Waals surface area contributed by atoms with Gasteiger partial charge < -0.3 is 10.2 Å². The lowest BCUT2D eigenvalue weighted by Crippen LogP contribution is -2.34. The number of anilines is 1. The molecule has 0 radical (unpaired) electrons. The standard InChI is InChI=1S/C15H20N2O3S/c1-17(2)14-6-3-12(4-7-14)5-8-15(18)16-13-9-10-21(19,20)11-13/h3-8,13H,9-11H2,1-2H3,(H,16,18)/b8-5+. The van der Waals surface area contributed by atoms with E-state index < -0.39 is 9.84 Å². The predicted molar refractivity (Wildman–Crippen MR) is 85.0 cm³/mol. The Kier molecular flexibility index (Phi) is 4.67. The number of benzene rings is 1. The summed E-state index contributed by atoms with van der Waals surface area (Å²) in [6.45, 7) is 0. The van der Waals surface area contributed by atoms with Gasteiger partial charge in [-0.1, -0.05) is 12.1 Å². The van der Waals surface area contributed by atoms with Crippen molar-refractivity contribution in [3.8, 4) is 0 Å². The fraction of sp³-hybridized carbons (Fsp3) is 0.400. The number of amides is 1. The lowest BCUT2D eigenvalue weighted by atomic mass is 10.2. The molecule has 5 nitrogen and oxygen atoms in total. The van der Waals surface area contributed by atoms with Gasteiger partial charge in [0.05, 0.1) is 11.5 Å². The van der Waals surface area contributed by atoms with E-state index >= 15 is 0 Å². The van der Waals surface area contributed by atoms with Gasteiger partial charge in [0.1, 0.15) is 0 Å². The van der Waals surface area contributed by atoms with E-state index in [1.807, 2.05) is 43.3 Å². The molecule has 1 fully saturated rings. The van der Waals surface area contributed by atoms with Crippen molar-refractivity contribution in [2.75, 3.05) is 30.5 Å². The molecule has 2 rings (SSSR count). The summed E-state index contributed by atoms with van der Waals surface area (Å²) in [6.07, 6.45) is 3.66. The van der Waals surface area contributed by atoms with E-state index in [9.17, 15) is 13.2 Å². The Morgan fingerprint density at radius 2 is 1.95 bits per heavy atom. The topological polar surface area (TPSA) is 66.5 Å². The zero-order chi connectivity index (χ0) is 15.5. The van der Waals surface area contributed by atoms with Gasteiger partial charge in [-0.15, -0.1) is 0 Å². The maximum atomic E-state index is 11.8. The molecule has 1 unspecified atom stereocenters. The van der Waals surface area contributed by atoms with E-state index in [-0.39, 0.29) is 23.5 Å². The molecule has 0 spiro atoms. The highest BCUT2D eigenvalue weighted by molar-refractivity contribution is 7.91. The number of hydrogen-bond donors (Lipinski definition) is 1. The van der Waals surface area contributed by atoms with Gasteiger partial charge in [0, 0.05) is 31.9 Å². The molecule has 1 aliphatic rings. The van der Waals surface area contributed by atoms with Crippen LogP contribution in [-0.4, -0.2) is 46.0 Å². The minimum Gasteiger partial charge on any atom is -0.378 e. The van der Waals surface area contributed by atoms with Gasteiger partial charge in [-0.3, -0.25) is 4.79 Å². The second-order valence-corrected chi connectivity index (χ2v) is 7.66. The first-order chi connectivity index (χ1) is 9.85. The number of carbonyl (C=O) groups excluding carboxylic acids is 1. The van der Waals surface area contributed by atoms with Crippen LogP contribution in [0, 0.1) is 0 Å². The zero-order valence-corrected chi connectivity index (χ0v) is 13.1. The van der Waals surface area contributed by atoms with E-state index in [1.54, 1.807) is 6.08 Å². The third-order valence-electron chi connectivity index (χ3n) is 3.42. The Morgan fingerprint density at radius 3 is 2.48 bits per heavy atom. The molecule has 1 N–H and O–H groups in total. The summed E-state index contributed by atoms with van der Waals surface area (Å²) in [7, 11) is 0.968. The number of hydrogen-bond acceptors (Lipinski definition) is 4. The summed E-state index contributed by atoms with van der Waals surface area (Å²) in [5.41, 5.74) is 2.02. The molecule has 1 atom stereocenters. The van der Waals surface area contributed by atoms with E-state index in [2.05, 4.69) is 5.32 Å². The van der Waals surface area contributed by atoms with Crippen molar-refractivity contribution in [3.05, 3.63) is 35.9 Å². The van der Waals surface area contributed by atoms with Crippen LogP contribution in [0.5, 0.6) is 0 Å².